The van der Waals surface area contributed by atoms with E-state index in [-0.39, 0.29) is 17.8 Å². The van der Waals surface area contributed by atoms with Crippen molar-refractivity contribution in [3.63, 3.8) is 0 Å². The van der Waals surface area contributed by atoms with Gasteiger partial charge in [-0.3, -0.25) is 4.79 Å². The zero-order chi connectivity index (χ0) is 11.3. The maximum atomic E-state index is 11.3. The van der Waals surface area contributed by atoms with Gasteiger partial charge in [0.1, 0.15) is 0 Å². The predicted octanol–water partition coefficient (Wildman–Crippen LogP) is 2.21. The monoisotopic (exact) mass is 205 g/mol. The molecule has 0 fully saturated rings. The molecule has 0 amide bonds. The molecule has 80 valence electrons. The lowest BCUT2D eigenvalue weighted by Crippen LogP contribution is -2.18. The molecule has 0 N–H and O–H groups in total. The first-order valence-corrected chi connectivity index (χ1v) is 5.01. The Bertz CT molecular complexity index is 336. The van der Waals surface area contributed by atoms with Gasteiger partial charge in [0.05, 0.1) is 19.1 Å². The van der Waals surface area contributed by atoms with Crippen LogP contribution in [0.25, 0.3) is 0 Å². The highest BCUT2D eigenvalue weighted by atomic mass is 16.5. The second kappa shape index (κ2) is 5.35. The number of nitrogens with zero attached hydrogens (tertiary/aromatic N) is 1. The van der Waals surface area contributed by atoms with Crippen LogP contribution in [0.4, 0.5) is 0 Å². The van der Waals surface area contributed by atoms with E-state index in [2.05, 4.69) is 6.07 Å². The standard InChI is InChI=1S/C12H15NO2/c1-9(6-7-13)10-4-3-5-11(8-10)12(14)15-2/h3-5,9,11H,6,8H2,1-2H3. The van der Waals surface area contributed by atoms with Crippen LogP contribution in [0.5, 0.6) is 0 Å². The average Bonchev–Trinajstić information content (AvgIpc) is 2.28. The van der Waals surface area contributed by atoms with Crippen molar-refractivity contribution in [1.29, 1.82) is 5.26 Å². The summed E-state index contributed by atoms with van der Waals surface area (Å²) in [6.07, 6.45) is 6.86. The number of carbonyl (C=O) groups excluding carboxylic acids is 1. The molecule has 2 unspecified atom stereocenters. The number of ether oxygens (including phenoxy) is 1. The van der Waals surface area contributed by atoms with E-state index in [4.69, 9.17) is 10.00 Å². The van der Waals surface area contributed by atoms with Crippen molar-refractivity contribution < 1.29 is 9.53 Å². The third-order valence-corrected chi connectivity index (χ3v) is 2.64. The molecule has 0 bridgehead atoms. The van der Waals surface area contributed by atoms with Crippen LogP contribution in [0.2, 0.25) is 0 Å². The largest absolute Gasteiger partial charge is 0.469 e. The molecular weight excluding hydrogens is 190 g/mol. The summed E-state index contributed by atoms with van der Waals surface area (Å²) in [5.41, 5.74) is 1.15. The fraction of sp³-hybridized carbons (Fsp3) is 0.500. The Kier molecular flexibility index (Phi) is 4.11. The van der Waals surface area contributed by atoms with Crippen LogP contribution >= 0.6 is 0 Å². The number of hydrogen-bond donors (Lipinski definition) is 0. The van der Waals surface area contributed by atoms with E-state index in [1.54, 1.807) is 0 Å². The molecule has 0 aliphatic heterocycles. The van der Waals surface area contributed by atoms with Gasteiger partial charge in [-0.2, -0.15) is 5.26 Å². The third-order valence-electron chi connectivity index (χ3n) is 2.64. The number of rotatable bonds is 3. The molecule has 3 heteroatoms. The van der Waals surface area contributed by atoms with E-state index < -0.39 is 0 Å². The molecule has 0 aromatic carbocycles. The van der Waals surface area contributed by atoms with Crippen LogP contribution < -0.4 is 0 Å². The second-order valence-corrected chi connectivity index (χ2v) is 3.72. The molecule has 1 aliphatic rings. The Morgan fingerprint density at radius 1 is 1.80 bits per heavy atom. The molecule has 3 nitrogen and oxygen atoms in total. The first-order chi connectivity index (χ1) is 7.19. The van der Waals surface area contributed by atoms with Gasteiger partial charge >= 0.3 is 5.97 Å². The SMILES string of the molecule is COC(=O)C1C=CC=C(C(C)CC#N)C1. The van der Waals surface area contributed by atoms with E-state index in [0.717, 1.165) is 5.57 Å². The molecule has 15 heavy (non-hydrogen) atoms. The van der Waals surface area contributed by atoms with Crippen LogP contribution in [0.3, 0.4) is 0 Å². The Labute approximate surface area is 90.0 Å². The van der Waals surface area contributed by atoms with Crippen molar-refractivity contribution in [3.05, 3.63) is 23.8 Å². The van der Waals surface area contributed by atoms with Crippen molar-refractivity contribution in [3.8, 4) is 6.07 Å². The summed E-state index contributed by atoms with van der Waals surface area (Å²) in [5.74, 6) is -0.177. The molecule has 1 aliphatic carbocycles. The lowest BCUT2D eigenvalue weighted by Gasteiger charge is -2.19. The van der Waals surface area contributed by atoms with E-state index in [1.807, 2.05) is 25.2 Å². The average molecular weight is 205 g/mol. The summed E-state index contributed by atoms with van der Waals surface area (Å²) < 4.78 is 4.70. The summed E-state index contributed by atoms with van der Waals surface area (Å²) in [6, 6.07) is 2.14. The molecule has 0 saturated heterocycles. The van der Waals surface area contributed by atoms with E-state index in [0.29, 0.717) is 12.8 Å². The Balaban J connectivity index is 2.64. The zero-order valence-electron chi connectivity index (χ0n) is 9.06. The highest BCUT2D eigenvalue weighted by Gasteiger charge is 2.22. The zero-order valence-corrected chi connectivity index (χ0v) is 9.06. The quantitative estimate of drug-likeness (QED) is 0.664. The number of hydrogen-bond acceptors (Lipinski definition) is 3. The fourth-order valence-corrected chi connectivity index (χ4v) is 1.65. The molecule has 0 saturated carbocycles. The number of nitriles is 1. The summed E-state index contributed by atoms with van der Waals surface area (Å²) in [5, 5.41) is 8.60. The Morgan fingerprint density at radius 3 is 3.13 bits per heavy atom. The molecule has 0 spiro atoms. The lowest BCUT2D eigenvalue weighted by molar-refractivity contribution is -0.143. The first kappa shape index (κ1) is 11.5. The Morgan fingerprint density at radius 2 is 2.53 bits per heavy atom. The number of methoxy groups -OCH3 is 1. The highest BCUT2D eigenvalue weighted by Crippen LogP contribution is 2.26. The summed E-state index contributed by atoms with van der Waals surface area (Å²) in [6.45, 7) is 2.00. The molecule has 0 heterocycles. The molecule has 0 aromatic rings. The maximum absolute atomic E-state index is 11.3. The predicted molar refractivity (Wildman–Crippen MR) is 56.7 cm³/mol. The van der Waals surface area contributed by atoms with Gasteiger partial charge in [-0.05, 0) is 12.3 Å². The minimum absolute atomic E-state index is 0.184. The van der Waals surface area contributed by atoms with Crippen LogP contribution in [0.15, 0.2) is 23.8 Å². The van der Waals surface area contributed by atoms with Gasteiger partial charge in [0.2, 0.25) is 0 Å². The van der Waals surface area contributed by atoms with Gasteiger partial charge in [-0.25, -0.2) is 0 Å². The van der Waals surface area contributed by atoms with E-state index >= 15 is 0 Å². The second-order valence-electron chi connectivity index (χ2n) is 3.72. The lowest BCUT2D eigenvalue weighted by atomic mass is 9.86. The number of carbonyl (C=O) groups is 1. The molecule has 0 aromatic heterocycles. The van der Waals surface area contributed by atoms with Crippen LogP contribution in [-0.2, 0) is 9.53 Å². The van der Waals surface area contributed by atoms with Gasteiger partial charge in [0, 0.05) is 6.42 Å². The van der Waals surface area contributed by atoms with Gasteiger partial charge in [0.25, 0.3) is 0 Å². The van der Waals surface area contributed by atoms with Gasteiger partial charge in [-0.1, -0.05) is 30.7 Å². The smallest absolute Gasteiger partial charge is 0.312 e. The van der Waals surface area contributed by atoms with Crippen molar-refractivity contribution in [2.75, 3.05) is 7.11 Å². The molecular formula is C12H15NO2. The molecule has 2 atom stereocenters. The summed E-state index contributed by atoms with van der Waals surface area (Å²) in [4.78, 5) is 11.3. The topological polar surface area (TPSA) is 50.1 Å². The van der Waals surface area contributed by atoms with Crippen LogP contribution in [0.1, 0.15) is 19.8 Å². The van der Waals surface area contributed by atoms with Crippen molar-refractivity contribution in [1.82, 2.24) is 0 Å². The van der Waals surface area contributed by atoms with Crippen LogP contribution in [-0.4, -0.2) is 13.1 Å². The fourth-order valence-electron chi connectivity index (χ4n) is 1.65. The van der Waals surface area contributed by atoms with Crippen molar-refractivity contribution in [2.45, 2.75) is 19.8 Å². The minimum atomic E-state index is -0.207. The third kappa shape index (κ3) is 2.95. The van der Waals surface area contributed by atoms with E-state index in [1.165, 1.54) is 7.11 Å². The number of esters is 1. The summed E-state index contributed by atoms with van der Waals surface area (Å²) >= 11 is 0. The van der Waals surface area contributed by atoms with Gasteiger partial charge < -0.3 is 4.74 Å². The van der Waals surface area contributed by atoms with Crippen molar-refractivity contribution in [2.24, 2.45) is 11.8 Å². The van der Waals surface area contributed by atoms with E-state index in [9.17, 15) is 4.79 Å². The maximum Gasteiger partial charge on any atom is 0.312 e. The Hall–Kier alpha value is -1.56. The molecule has 1 rings (SSSR count). The van der Waals surface area contributed by atoms with Gasteiger partial charge in [-0.15, -0.1) is 0 Å². The molecule has 0 radical (unpaired) electrons. The van der Waals surface area contributed by atoms with Gasteiger partial charge in [0.15, 0.2) is 0 Å². The highest BCUT2D eigenvalue weighted by molar-refractivity contribution is 5.75. The summed E-state index contributed by atoms with van der Waals surface area (Å²) in [7, 11) is 1.40. The normalized spacial score (nSPS) is 21.4. The van der Waals surface area contributed by atoms with Crippen molar-refractivity contribution >= 4 is 5.97 Å². The first-order valence-electron chi connectivity index (χ1n) is 5.01. The van der Waals surface area contributed by atoms with Crippen LogP contribution in [0, 0.1) is 23.2 Å². The number of allylic oxidation sites excluding steroid dienone is 3. The minimum Gasteiger partial charge on any atom is -0.469 e.